The van der Waals surface area contributed by atoms with Crippen molar-refractivity contribution < 1.29 is 9.53 Å². The molecule has 136 valence electrons. The Labute approximate surface area is 161 Å². The van der Waals surface area contributed by atoms with Crippen molar-refractivity contribution in [3.8, 4) is 0 Å². The standard InChI is InChI=1S/C24H24O2P/c1-2-26-24(25)19-12-20-27(21-13-6-3-7-14-21,22-15-8-4-9-16-22)23-17-10-5-11-18-23/h3-19H,2,20H2,1H3/q+1. The first-order valence-electron chi connectivity index (χ1n) is 9.15. The van der Waals surface area contributed by atoms with Gasteiger partial charge in [0.1, 0.15) is 23.2 Å². The second-order valence-electron chi connectivity index (χ2n) is 6.15. The molecule has 3 rings (SSSR count). The van der Waals surface area contributed by atoms with Crippen LogP contribution in [-0.4, -0.2) is 18.7 Å². The van der Waals surface area contributed by atoms with Crippen LogP contribution in [0.2, 0.25) is 0 Å². The zero-order valence-electron chi connectivity index (χ0n) is 15.5. The molecule has 0 aliphatic rings. The fourth-order valence-electron chi connectivity index (χ4n) is 3.31. The van der Waals surface area contributed by atoms with Crippen LogP contribution in [0, 0.1) is 0 Å². The van der Waals surface area contributed by atoms with Gasteiger partial charge in [0.15, 0.2) is 0 Å². The van der Waals surface area contributed by atoms with E-state index in [-0.39, 0.29) is 5.97 Å². The summed E-state index contributed by atoms with van der Waals surface area (Å²) in [6.07, 6.45) is 4.30. The van der Waals surface area contributed by atoms with Crippen molar-refractivity contribution in [2.24, 2.45) is 0 Å². The number of rotatable bonds is 7. The lowest BCUT2D eigenvalue weighted by atomic mass is 10.4. The maximum Gasteiger partial charge on any atom is 0.330 e. The summed E-state index contributed by atoms with van der Waals surface area (Å²) >= 11 is 0. The summed E-state index contributed by atoms with van der Waals surface area (Å²) < 4.78 is 5.06. The molecule has 0 aromatic heterocycles. The van der Waals surface area contributed by atoms with Gasteiger partial charge < -0.3 is 4.74 Å². The van der Waals surface area contributed by atoms with E-state index in [4.69, 9.17) is 4.74 Å². The van der Waals surface area contributed by atoms with Crippen LogP contribution in [0.15, 0.2) is 103 Å². The minimum Gasteiger partial charge on any atom is -0.463 e. The average molecular weight is 375 g/mol. The maximum absolute atomic E-state index is 11.8. The SMILES string of the molecule is CCOC(=O)C=CC[P+](c1ccccc1)(c1ccccc1)c1ccccc1. The monoisotopic (exact) mass is 375 g/mol. The highest BCUT2D eigenvalue weighted by atomic mass is 31.2. The average Bonchev–Trinajstić information content (AvgIpc) is 2.73. The lowest BCUT2D eigenvalue weighted by molar-refractivity contribution is -0.137. The van der Waals surface area contributed by atoms with E-state index in [9.17, 15) is 4.79 Å². The van der Waals surface area contributed by atoms with Gasteiger partial charge in [0, 0.05) is 6.08 Å². The number of hydrogen-bond acceptors (Lipinski definition) is 2. The van der Waals surface area contributed by atoms with Gasteiger partial charge in [-0.05, 0) is 49.4 Å². The molecule has 3 heteroatoms. The number of benzene rings is 3. The van der Waals surface area contributed by atoms with Gasteiger partial charge in [-0.15, -0.1) is 0 Å². The van der Waals surface area contributed by atoms with Gasteiger partial charge in [-0.1, -0.05) is 54.6 Å². The van der Waals surface area contributed by atoms with Gasteiger partial charge >= 0.3 is 5.97 Å². The Bertz CT molecular complexity index is 777. The smallest absolute Gasteiger partial charge is 0.330 e. The summed E-state index contributed by atoms with van der Waals surface area (Å²) in [5.41, 5.74) is 0. The lowest BCUT2D eigenvalue weighted by Crippen LogP contribution is -2.32. The third kappa shape index (κ3) is 4.35. The Kier molecular flexibility index (Phi) is 6.57. The van der Waals surface area contributed by atoms with Crippen molar-refractivity contribution in [3.63, 3.8) is 0 Å². The highest BCUT2D eigenvalue weighted by Gasteiger charge is 2.44. The summed E-state index contributed by atoms with van der Waals surface area (Å²) in [6, 6.07) is 31.9. The molecule has 0 aliphatic carbocycles. The zero-order valence-corrected chi connectivity index (χ0v) is 16.4. The summed E-state index contributed by atoms with van der Waals surface area (Å²) in [4.78, 5) is 11.8. The first-order chi connectivity index (χ1) is 13.3. The molecule has 0 heterocycles. The number of carbonyl (C=O) groups is 1. The van der Waals surface area contributed by atoms with Crippen molar-refractivity contribution in [1.82, 2.24) is 0 Å². The highest BCUT2D eigenvalue weighted by molar-refractivity contribution is 7.95. The largest absolute Gasteiger partial charge is 0.463 e. The van der Waals surface area contributed by atoms with Crippen LogP contribution in [0.25, 0.3) is 0 Å². The molecule has 0 bridgehead atoms. The Balaban J connectivity index is 2.15. The molecule has 0 unspecified atom stereocenters. The van der Waals surface area contributed by atoms with Crippen LogP contribution < -0.4 is 15.9 Å². The Hall–Kier alpha value is -2.70. The maximum atomic E-state index is 11.8. The van der Waals surface area contributed by atoms with E-state index in [1.165, 1.54) is 15.9 Å². The van der Waals surface area contributed by atoms with Crippen molar-refractivity contribution in [2.75, 3.05) is 12.8 Å². The first kappa shape index (κ1) is 19.1. The predicted octanol–water partition coefficient (Wildman–Crippen LogP) is 4.10. The van der Waals surface area contributed by atoms with Crippen LogP contribution in [0.4, 0.5) is 0 Å². The van der Waals surface area contributed by atoms with E-state index in [0.29, 0.717) is 6.61 Å². The predicted molar refractivity (Wildman–Crippen MR) is 116 cm³/mol. The third-order valence-corrected chi connectivity index (χ3v) is 8.81. The van der Waals surface area contributed by atoms with Gasteiger partial charge in [-0.25, -0.2) is 4.79 Å². The number of hydrogen-bond donors (Lipinski definition) is 0. The molecule has 0 spiro atoms. The van der Waals surface area contributed by atoms with E-state index in [2.05, 4.69) is 72.8 Å². The lowest BCUT2D eigenvalue weighted by Gasteiger charge is -2.26. The van der Waals surface area contributed by atoms with Crippen LogP contribution in [0.5, 0.6) is 0 Å². The first-order valence-corrected chi connectivity index (χ1v) is 11.1. The van der Waals surface area contributed by atoms with E-state index in [1.807, 2.05) is 31.2 Å². The van der Waals surface area contributed by atoms with E-state index in [0.717, 1.165) is 6.16 Å². The fourth-order valence-corrected chi connectivity index (χ4v) is 7.30. The summed E-state index contributed by atoms with van der Waals surface area (Å²) in [7, 11) is -1.92. The molecule has 2 nitrogen and oxygen atoms in total. The van der Waals surface area contributed by atoms with Crippen molar-refractivity contribution in [1.29, 1.82) is 0 Å². The van der Waals surface area contributed by atoms with Gasteiger partial charge in [0.2, 0.25) is 0 Å². The second-order valence-corrected chi connectivity index (χ2v) is 9.69. The molecule has 0 saturated carbocycles. The molecule has 0 saturated heterocycles. The fraction of sp³-hybridized carbons (Fsp3) is 0.125. The van der Waals surface area contributed by atoms with Gasteiger partial charge in [-0.2, -0.15) is 0 Å². The van der Waals surface area contributed by atoms with Crippen LogP contribution >= 0.6 is 7.26 Å². The highest BCUT2D eigenvalue weighted by Crippen LogP contribution is 2.55. The molecular formula is C24H24O2P+. The topological polar surface area (TPSA) is 26.3 Å². The zero-order chi connectivity index (χ0) is 19.0. The minimum atomic E-state index is -1.92. The van der Waals surface area contributed by atoms with Gasteiger partial charge in [0.25, 0.3) is 0 Å². The second kappa shape index (κ2) is 9.30. The Morgan fingerprint density at radius 2 is 1.19 bits per heavy atom. The van der Waals surface area contributed by atoms with E-state index < -0.39 is 7.26 Å². The Morgan fingerprint density at radius 1 is 0.778 bits per heavy atom. The van der Waals surface area contributed by atoms with Crippen molar-refractivity contribution in [3.05, 3.63) is 103 Å². The molecule has 3 aromatic carbocycles. The molecule has 0 N–H and O–H groups in total. The molecule has 0 amide bonds. The summed E-state index contributed by atoms with van der Waals surface area (Å²) in [5.74, 6) is -0.287. The van der Waals surface area contributed by atoms with Gasteiger partial charge in [-0.3, -0.25) is 0 Å². The summed E-state index contributed by atoms with van der Waals surface area (Å²) in [6.45, 7) is 2.21. The van der Waals surface area contributed by atoms with Gasteiger partial charge in [0.05, 0.1) is 12.8 Å². The van der Waals surface area contributed by atoms with E-state index in [1.54, 1.807) is 6.08 Å². The van der Waals surface area contributed by atoms with Crippen LogP contribution in [-0.2, 0) is 9.53 Å². The van der Waals surface area contributed by atoms with Crippen molar-refractivity contribution in [2.45, 2.75) is 6.92 Å². The molecule has 3 aromatic rings. The van der Waals surface area contributed by atoms with Crippen LogP contribution in [0.1, 0.15) is 6.92 Å². The molecule has 0 radical (unpaired) electrons. The van der Waals surface area contributed by atoms with E-state index >= 15 is 0 Å². The number of esters is 1. The number of carbonyl (C=O) groups excluding carboxylic acids is 1. The molecule has 0 atom stereocenters. The van der Waals surface area contributed by atoms with Crippen molar-refractivity contribution >= 4 is 29.1 Å². The summed E-state index contributed by atoms with van der Waals surface area (Å²) in [5, 5.41) is 3.91. The third-order valence-electron chi connectivity index (χ3n) is 4.51. The molecule has 27 heavy (non-hydrogen) atoms. The number of ether oxygens (including phenoxy) is 1. The molecule has 0 fully saturated rings. The Morgan fingerprint density at radius 3 is 1.56 bits per heavy atom. The minimum absolute atomic E-state index is 0.287. The molecule has 0 aliphatic heterocycles. The number of allylic oxidation sites excluding steroid dienone is 1. The normalized spacial score (nSPS) is 11.4. The molecular weight excluding hydrogens is 351 g/mol. The van der Waals surface area contributed by atoms with Crippen LogP contribution in [0.3, 0.4) is 0 Å². The quantitative estimate of drug-likeness (QED) is 0.353.